The van der Waals surface area contributed by atoms with Crippen LogP contribution in [0.25, 0.3) is 0 Å². The minimum absolute atomic E-state index is 0.394. The highest BCUT2D eigenvalue weighted by molar-refractivity contribution is 8.00. The van der Waals surface area contributed by atoms with E-state index in [0.29, 0.717) is 22.6 Å². The van der Waals surface area contributed by atoms with Crippen LogP contribution in [0.1, 0.15) is 31.9 Å². The second kappa shape index (κ2) is 6.60. The molecule has 0 spiro atoms. The molecule has 1 aromatic carbocycles. The molecule has 0 amide bonds. The minimum Gasteiger partial charge on any atom is -0.377 e. The van der Waals surface area contributed by atoms with E-state index in [-0.39, 0.29) is 0 Å². The maximum Gasteiger partial charge on any atom is 0.0666 e. The van der Waals surface area contributed by atoms with E-state index in [9.17, 15) is 0 Å². The first-order valence-corrected chi connectivity index (χ1v) is 7.66. The van der Waals surface area contributed by atoms with Crippen molar-refractivity contribution in [2.45, 2.75) is 42.9 Å². The van der Waals surface area contributed by atoms with Gasteiger partial charge in [0.2, 0.25) is 0 Å². The molecule has 1 heterocycles. The quantitative estimate of drug-likeness (QED) is 0.883. The number of hydrogen-bond donors (Lipinski definition) is 1. The van der Waals surface area contributed by atoms with Gasteiger partial charge in [0.15, 0.2) is 0 Å². The molecular weight excluding hydrogens is 242 g/mol. The Morgan fingerprint density at radius 3 is 2.61 bits per heavy atom. The predicted molar refractivity (Wildman–Crippen MR) is 79.1 cm³/mol. The summed E-state index contributed by atoms with van der Waals surface area (Å²) in [6.45, 7) is 5.42. The molecular formula is C15H23NOS. The molecule has 1 N–H and O–H groups in total. The first-order valence-electron chi connectivity index (χ1n) is 6.71. The fourth-order valence-corrected chi connectivity index (χ4v) is 4.11. The number of rotatable bonds is 5. The van der Waals surface area contributed by atoms with Crippen molar-refractivity contribution >= 4 is 11.8 Å². The highest BCUT2D eigenvalue weighted by Gasteiger charge is 2.29. The molecule has 1 saturated heterocycles. The van der Waals surface area contributed by atoms with Gasteiger partial charge in [0.1, 0.15) is 0 Å². The smallest absolute Gasteiger partial charge is 0.0666 e. The predicted octanol–water partition coefficient (Wildman–Crippen LogP) is 3.25. The topological polar surface area (TPSA) is 21.3 Å². The molecule has 0 radical (unpaired) electrons. The lowest BCUT2D eigenvalue weighted by atomic mass is 10.0. The lowest BCUT2D eigenvalue weighted by molar-refractivity contribution is 0.127. The molecule has 1 aromatic rings. The van der Waals surface area contributed by atoms with Gasteiger partial charge in [-0.1, -0.05) is 37.3 Å². The average molecular weight is 265 g/mol. The lowest BCUT2D eigenvalue weighted by Gasteiger charge is -2.27. The second-order valence-corrected chi connectivity index (χ2v) is 6.54. The molecule has 4 unspecified atom stereocenters. The van der Waals surface area contributed by atoms with Crippen molar-refractivity contribution in [2.75, 3.05) is 13.7 Å². The lowest BCUT2D eigenvalue weighted by Crippen LogP contribution is -2.28. The molecule has 1 aliphatic heterocycles. The summed E-state index contributed by atoms with van der Waals surface area (Å²) in [4.78, 5) is 0. The second-order valence-electron chi connectivity index (χ2n) is 4.92. The van der Waals surface area contributed by atoms with Gasteiger partial charge in [0.05, 0.1) is 6.10 Å². The van der Waals surface area contributed by atoms with Crippen LogP contribution in [0.2, 0.25) is 0 Å². The average Bonchev–Trinajstić information content (AvgIpc) is 2.77. The number of thioether (sulfide) groups is 1. The zero-order valence-electron chi connectivity index (χ0n) is 11.4. The van der Waals surface area contributed by atoms with Crippen LogP contribution in [-0.2, 0) is 4.74 Å². The van der Waals surface area contributed by atoms with Gasteiger partial charge in [0, 0.05) is 23.1 Å². The van der Waals surface area contributed by atoms with Gasteiger partial charge in [-0.15, -0.1) is 0 Å². The van der Waals surface area contributed by atoms with Crippen molar-refractivity contribution < 1.29 is 4.74 Å². The van der Waals surface area contributed by atoms with Crippen molar-refractivity contribution in [2.24, 2.45) is 0 Å². The molecule has 2 nitrogen and oxygen atoms in total. The third-order valence-electron chi connectivity index (χ3n) is 3.64. The summed E-state index contributed by atoms with van der Waals surface area (Å²) in [5.41, 5.74) is 1.37. The summed E-state index contributed by atoms with van der Waals surface area (Å²) in [6, 6.07) is 11.1. The van der Waals surface area contributed by atoms with Crippen LogP contribution in [0.4, 0.5) is 0 Å². The largest absolute Gasteiger partial charge is 0.377 e. The van der Waals surface area contributed by atoms with Gasteiger partial charge in [-0.25, -0.2) is 0 Å². The van der Waals surface area contributed by atoms with Crippen molar-refractivity contribution in [3.05, 3.63) is 35.9 Å². The molecule has 2 rings (SSSR count). The molecule has 3 heteroatoms. The Labute approximate surface area is 114 Å². The summed E-state index contributed by atoms with van der Waals surface area (Å²) in [5, 5.41) is 4.63. The third-order valence-corrected chi connectivity index (χ3v) is 5.31. The number of hydrogen-bond acceptors (Lipinski definition) is 3. The summed E-state index contributed by atoms with van der Waals surface area (Å²) in [5.74, 6) is 0. The van der Waals surface area contributed by atoms with Crippen LogP contribution < -0.4 is 5.32 Å². The van der Waals surface area contributed by atoms with Crippen LogP contribution >= 0.6 is 11.8 Å². The molecule has 100 valence electrons. The highest BCUT2D eigenvalue weighted by Crippen LogP contribution is 2.34. The third kappa shape index (κ3) is 3.28. The summed E-state index contributed by atoms with van der Waals surface area (Å²) in [7, 11) is 2.04. The summed E-state index contributed by atoms with van der Waals surface area (Å²) >= 11 is 2.06. The van der Waals surface area contributed by atoms with E-state index < -0.39 is 0 Å². The summed E-state index contributed by atoms with van der Waals surface area (Å²) < 4.78 is 5.64. The fourth-order valence-electron chi connectivity index (χ4n) is 2.58. The Balaban J connectivity index is 1.99. The zero-order chi connectivity index (χ0) is 13.0. The monoisotopic (exact) mass is 265 g/mol. The normalized spacial score (nSPS) is 27.1. The van der Waals surface area contributed by atoms with E-state index in [2.05, 4.69) is 61.3 Å². The van der Waals surface area contributed by atoms with Gasteiger partial charge in [-0.3, -0.25) is 0 Å². The van der Waals surface area contributed by atoms with Crippen molar-refractivity contribution in [1.82, 2.24) is 5.32 Å². The number of nitrogens with one attached hydrogen (secondary N) is 1. The van der Waals surface area contributed by atoms with Gasteiger partial charge in [-0.2, -0.15) is 11.8 Å². The highest BCUT2D eigenvalue weighted by atomic mass is 32.2. The minimum atomic E-state index is 0.394. The van der Waals surface area contributed by atoms with Gasteiger partial charge in [0.25, 0.3) is 0 Å². The first kappa shape index (κ1) is 13.9. The van der Waals surface area contributed by atoms with E-state index in [1.807, 2.05) is 7.05 Å². The van der Waals surface area contributed by atoms with Crippen LogP contribution in [-0.4, -0.2) is 30.3 Å². The number of ether oxygens (including phenoxy) is 1. The molecule has 1 fully saturated rings. The van der Waals surface area contributed by atoms with Crippen LogP contribution in [0.3, 0.4) is 0 Å². The Morgan fingerprint density at radius 1 is 1.33 bits per heavy atom. The van der Waals surface area contributed by atoms with Gasteiger partial charge in [-0.05, 0) is 26.0 Å². The van der Waals surface area contributed by atoms with Crippen LogP contribution in [0.15, 0.2) is 30.3 Å². The molecule has 1 aliphatic rings. The Bertz CT molecular complexity index is 357. The van der Waals surface area contributed by atoms with Crippen molar-refractivity contribution in [3.8, 4) is 0 Å². The molecule has 4 atom stereocenters. The van der Waals surface area contributed by atoms with Crippen molar-refractivity contribution in [1.29, 1.82) is 0 Å². The summed E-state index contributed by atoms with van der Waals surface area (Å²) in [6.07, 6.45) is 1.58. The van der Waals surface area contributed by atoms with E-state index in [1.54, 1.807) is 0 Å². The van der Waals surface area contributed by atoms with Crippen LogP contribution in [0.5, 0.6) is 0 Å². The maximum atomic E-state index is 5.64. The Morgan fingerprint density at radius 2 is 2.06 bits per heavy atom. The van der Waals surface area contributed by atoms with E-state index in [0.717, 1.165) is 6.61 Å². The molecule has 0 aromatic heterocycles. The van der Waals surface area contributed by atoms with E-state index in [4.69, 9.17) is 4.74 Å². The van der Waals surface area contributed by atoms with Crippen LogP contribution in [0, 0.1) is 0 Å². The van der Waals surface area contributed by atoms with E-state index >= 15 is 0 Å². The Hall–Kier alpha value is -0.510. The molecule has 0 saturated carbocycles. The van der Waals surface area contributed by atoms with Gasteiger partial charge >= 0.3 is 0 Å². The standard InChI is InChI=1S/C15H23NOS/c1-11-14(9-10-17-11)18-12(2)15(16-3)13-7-5-4-6-8-13/h4-8,11-12,14-16H,9-10H2,1-3H3. The Kier molecular flexibility index (Phi) is 5.10. The van der Waals surface area contributed by atoms with E-state index in [1.165, 1.54) is 12.0 Å². The maximum absolute atomic E-state index is 5.64. The SMILES string of the molecule is CNC(c1ccccc1)C(C)SC1CCOC1C. The van der Waals surface area contributed by atoms with Crippen molar-refractivity contribution in [3.63, 3.8) is 0 Å². The number of benzene rings is 1. The molecule has 0 aliphatic carbocycles. The zero-order valence-corrected chi connectivity index (χ0v) is 12.2. The molecule has 0 bridgehead atoms. The fraction of sp³-hybridized carbons (Fsp3) is 0.600. The first-order chi connectivity index (χ1) is 8.72. The molecule has 18 heavy (non-hydrogen) atoms. The van der Waals surface area contributed by atoms with Gasteiger partial charge < -0.3 is 10.1 Å².